The van der Waals surface area contributed by atoms with Gasteiger partial charge in [-0.1, -0.05) is 49.4 Å². The van der Waals surface area contributed by atoms with Crippen LogP contribution in [0.15, 0.2) is 58.3 Å². The number of methoxy groups -OCH3 is 1. The average Bonchev–Trinajstić information content (AvgIpc) is 3.49. The van der Waals surface area contributed by atoms with Gasteiger partial charge in [-0.2, -0.15) is 9.78 Å². The van der Waals surface area contributed by atoms with Crippen LogP contribution < -0.4 is 20.6 Å². The number of nitrogens with one attached hydrogen (secondary N) is 1. The standard InChI is InChI=1S/C23H24N8O4/c1-14(2)20-19(26-30-31(20)22-21(24)28-35-29-22)23(32)27-25-12-16-9-10-17(18(11-16)33-3)34-13-15-7-5-4-6-8-15/h4-12,14H,13H2,1-3H3,(H2,24,28)(H,27,32)/b25-12-. The van der Waals surface area contributed by atoms with E-state index in [-0.39, 0.29) is 23.2 Å². The fourth-order valence-electron chi connectivity index (χ4n) is 3.30. The van der Waals surface area contributed by atoms with E-state index in [2.05, 4.69) is 35.8 Å². The largest absolute Gasteiger partial charge is 0.493 e. The van der Waals surface area contributed by atoms with Gasteiger partial charge in [0.1, 0.15) is 6.61 Å². The van der Waals surface area contributed by atoms with Gasteiger partial charge < -0.3 is 15.2 Å². The summed E-state index contributed by atoms with van der Waals surface area (Å²) >= 11 is 0. The Balaban J connectivity index is 1.45. The number of amides is 1. The molecule has 180 valence electrons. The lowest BCUT2D eigenvalue weighted by Gasteiger charge is -2.11. The van der Waals surface area contributed by atoms with Gasteiger partial charge in [0.05, 0.1) is 19.0 Å². The minimum absolute atomic E-state index is 0.0342. The summed E-state index contributed by atoms with van der Waals surface area (Å²) in [4.78, 5) is 12.7. The highest BCUT2D eigenvalue weighted by Gasteiger charge is 2.25. The molecule has 12 nitrogen and oxygen atoms in total. The Hall–Kier alpha value is -4.74. The Morgan fingerprint density at radius 1 is 1.20 bits per heavy atom. The molecule has 0 bridgehead atoms. The fraction of sp³-hybridized carbons (Fsp3) is 0.217. The third-order valence-corrected chi connectivity index (χ3v) is 4.97. The minimum Gasteiger partial charge on any atom is -0.493 e. The minimum atomic E-state index is -0.541. The Labute approximate surface area is 200 Å². The van der Waals surface area contributed by atoms with Crippen LogP contribution in [-0.4, -0.2) is 44.5 Å². The number of carbonyl (C=O) groups excluding carboxylic acids is 1. The number of rotatable bonds is 9. The zero-order valence-electron chi connectivity index (χ0n) is 19.4. The molecule has 0 saturated heterocycles. The second-order valence-corrected chi connectivity index (χ2v) is 7.75. The number of nitrogens with two attached hydrogens (primary N) is 1. The van der Waals surface area contributed by atoms with Gasteiger partial charge in [0.15, 0.2) is 17.2 Å². The van der Waals surface area contributed by atoms with E-state index in [9.17, 15) is 4.79 Å². The number of hydrogen-bond donors (Lipinski definition) is 2. The van der Waals surface area contributed by atoms with Crippen molar-refractivity contribution in [2.45, 2.75) is 26.4 Å². The van der Waals surface area contributed by atoms with E-state index in [1.54, 1.807) is 25.3 Å². The van der Waals surface area contributed by atoms with E-state index in [4.69, 9.17) is 15.2 Å². The van der Waals surface area contributed by atoms with Gasteiger partial charge >= 0.3 is 0 Å². The molecule has 0 saturated carbocycles. The molecule has 2 aromatic heterocycles. The van der Waals surface area contributed by atoms with Gasteiger partial charge in [0, 0.05) is 0 Å². The lowest BCUT2D eigenvalue weighted by Crippen LogP contribution is -2.21. The summed E-state index contributed by atoms with van der Waals surface area (Å²) in [6.45, 7) is 4.18. The molecule has 35 heavy (non-hydrogen) atoms. The third kappa shape index (κ3) is 5.27. The summed E-state index contributed by atoms with van der Waals surface area (Å²) in [6, 6.07) is 15.2. The van der Waals surface area contributed by atoms with Crippen LogP contribution >= 0.6 is 0 Å². The summed E-state index contributed by atoms with van der Waals surface area (Å²) in [6.07, 6.45) is 1.49. The molecular formula is C23H24N8O4. The normalized spacial score (nSPS) is 11.2. The number of anilines is 1. The van der Waals surface area contributed by atoms with Crippen LogP contribution in [0.25, 0.3) is 5.82 Å². The van der Waals surface area contributed by atoms with E-state index >= 15 is 0 Å². The summed E-state index contributed by atoms with van der Waals surface area (Å²) < 4.78 is 17.3. The van der Waals surface area contributed by atoms with Crippen molar-refractivity contribution >= 4 is 17.9 Å². The van der Waals surface area contributed by atoms with Crippen molar-refractivity contribution < 1.29 is 18.9 Å². The molecule has 1 amide bonds. The van der Waals surface area contributed by atoms with Crippen LogP contribution in [0.2, 0.25) is 0 Å². The molecule has 12 heteroatoms. The van der Waals surface area contributed by atoms with Crippen molar-refractivity contribution in [2.75, 3.05) is 12.8 Å². The molecule has 0 aliphatic carbocycles. The lowest BCUT2D eigenvalue weighted by atomic mass is 10.1. The van der Waals surface area contributed by atoms with Crippen LogP contribution in [-0.2, 0) is 6.61 Å². The molecule has 0 unspecified atom stereocenters. The van der Waals surface area contributed by atoms with Crippen LogP contribution in [0.3, 0.4) is 0 Å². The predicted octanol–water partition coefficient (Wildman–Crippen LogP) is 2.71. The molecular weight excluding hydrogens is 452 g/mol. The van der Waals surface area contributed by atoms with Gasteiger partial charge in [-0.3, -0.25) is 4.79 Å². The topological polar surface area (TPSA) is 156 Å². The van der Waals surface area contributed by atoms with Crippen LogP contribution in [0.5, 0.6) is 11.5 Å². The zero-order valence-corrected chi connectivity index (χ0v) is 19.4. The first-order chi connectivity index (χ1) is 17.0. The lowest BCUT2D eigenvalue weighted by molar-refractivity contribution is 0.0948. The maximum atomic E-state index is 12.7. The molecule has 2 aromatic carbocycles. The molecule has 0 fully saturated rings. The first-order valence-corrected chi connectivity index (χ1v) is 10.7. The number of hydrogen-bond acceptors (Lipinski definition) is 10. The molecule has 3 N–H and O–H groups in total. The maximum absolute atomic E-state index is 12.7. The fourth-order valence-corrected chi connectivity index (χ4v) is 3.30. The highest BCUT2D eigenvalue weighted by atomic mass is 16.6. The summed E-state index contributed by atoms with van der Waals surface area (Å²) in [5.41, 5.74) is 10.5. The number of carbonyl (C=O) groups is 1. The first kappa shape index (κ1) is 23.4. The van der Waals surface area contributed by atoms with E-state index in [0.29, 0.717) is 29.4 Å². The second-order valence-electron chi connectivity index (χ2n) is 7.75. The highest BCUT2D eigenvalue weighted by Crippen LogP contribution is 2.28. The molecule has 2 heterocycles. The van der Waals surface area contributed by atoms with Gasteiger partial charge in [0.25, 0.3) is 5.91 Å². The molecule has 0 radical (unpaired) electrons. The van der Waals surface area contributed by atoms with E-state index < -0.39 is 5.91 Å². The number of nitrogens with zero attached hydrogens (tertiary/aromatic N) is 6. The molecule has 0 aliphatic rings. The van der Waals surface area contributed by atoms with Crippen LogP contribution in [0, 0.1) is 0 Å². The molecule has 4 aromatic rings. The van der Waals surface area contributed by atoms with E-state index in [1.165, 1.54) is 10.9 Å². The van der Waals surface area contributed by atoms with Crippen molar-refractivity contribution in [1.82, 2.24) is 30.7 Å². The van der Waals surface area contributed by atoms with Gasteiger partial charge in [-0.05, 0) is 45.6 Å². The average molecular weight is 476 g/mol. The zero-order chi connectivity index (χ0) is 24.8. The number of aromatic nitrogens is 5. The highest BCUT2D eigenvalue weighted by molar-refractivity contribution is 5.94. The summed E-state index contributed by atoms with van der Waals surface area (Å²) in [5.74, 6) is 0.661. The molecule has 0 aliphatic heterocycles. The van der Waals surface area contributed by atoms with Gasteiger partial charge in [-0.25, -0.2) is 10.1 Å². The number of hydrazone groups is 1. The monoisotopic (exact) mass is 476 g/mol. The van der Waals surface area contributed by atoms with E-state index in [0.717, 1.165) is 5.56 Å². The Kier molecular flexibility index (Phi) is 7.00. The molecule has 0 atom stereocenters. The summed E-state index contributed by atoms with van der Waals surface area (Å²) in [5, 5.41) is 19.2. The quantitative estimate of drug-likeness (QED) is 0.274. The third-order valence-electron chi connectivity index (χ3n) is 4.97. The SMILES string of the molecule is COc1cc(/C=N\NC(=O)c2nnn(-c3nonc3N)c2C(C)C)ccc1OCc1ccccc1. The van der Waals surface area contributed by atoms with Crippen molar-refractivity contribution in [2.24, 2.45) is 5.10 Å². The Bertz CT molecular complexity index is 1330. The van der Waals surface area contributed by atoms with Crippen LogP contribution in [0.4, 0.5) is 5.82 Å². The van der Waals surface area contributed by atoms with E-state index in [1.807, 2.05) is 44.2 Å². The second kappa shape index (κ2) is 10.5. The smallest absolute Gasteiger partial charge is 0.293 e. The van der Waals surface area contributed by atoms with Crippen molar-refractivity contribution in [1.29, 1.82) is 0 Å². The summed E-state index contributed by atoms with van der Waals surface area (Å²) in [7, 11) is 1.56. The Morgan fingerprint density at radius 3 is 2.69 bits per heavy atom. The number of ether oxygens (including phenoxy) is 2. The van der Waals surface area contributed by atoms with Crippen molar-refractivity contribution in [3.63, 3.8) is 0 Å². The predicted molar refractivity (Wildman–Crippen MR) is 127 cm³/mol. The van der Waals surface area contributed by atoms with Gasteiger partial charge in [0.2, 0.25) is 11.6 Å². The number of nitrogen functional groups attached to an aromatic ring is 1. The molecule has 4 rings (SSSR count). The number of benzene rings is 2. The molecule has 0 spiro atoms. The van der Waals surface area contributed by atoms with Crippen molar-refractivity contribution in [3.8, 4) is 17.3 Å². The van der Waals surface area contributed by atoms with Crippen LogP contribution in [0.1, 0.15) is 47.1 Å². The Morgan fingerprint density at radius 2 is 2.00 bits per heavy atom. The van der Waals surface area contributed by atoms with Gasteiger partial charge in [-0.15, -0.1) is 5.10 Å². The van der Waals surface area contributed by atoms with Crippen molar-refractivity contribution in [3.05, 3.63) is 71.0 Å². The first-order valence-electron chi connectivity index (χ1n) is 10.7. The maximum Gasteiger partial charge on any atom is 0.293 e.